The van der Waals surface area contributed by atoms with Crippen LogP contribution in [0.25, 0.3) is 0 Å². The molecule has 1 aliphatic rings. The first-order chi connectivity index (χ1) is 11.7. The van der Waals surface area contributed by atoms with Gasteiger partial charge in [-0.3, -0.25) is 9.78 Å². The number of carbonyl (C=O) groups excluding carboxylic acids is 1. The van der Waals surface area contributed by atoms with E-state index in [1.54, 1.807) is 18.5 Å². The van der Waals surface area contributed by atoms with Gasteiger partial charge in [0, 0.05) is 43.9 Å². The summed E-state index contributed by atoms with van der Waals surface area (Å²) >= 11 is 0. The molecule has 1 aliphatic heterocycles. The Labute approximate surface area is 141 Å². The molecule has 1 aromatic carbocycles. The third-order valence-electron chi connectivity index (χ3n) is 4.51. The van der Waals surface area contributed by atoms with Crippen LogP contribution in [-0.4, -0.2) is 47.2 Å². The number of amides is 1. The second kappa shape index (κ2) is 7.45. The maximum atomic E-state index is 12.9. The van der Waals surface area contributed by atoms with E-state index in [0.717, 1.165) is 5.56 Å². The fourth-order valence-electron chi connectivity index (χ4n) is 3.31. The maximum Gasteiger partial charge on any atom is 0.257 e. The van der Waals surface area contributed by atoms with Crippen molar-refractivity contribution in [3.8, 4) is 5.75 Å². The predicted octanol–water partition coefficient (Wildman–Crippen LogP) is 2.33. The number of carbonyl (C=O) groups is 1. The van der Waals surface area contributed by atoms with Crippen LogP contribution >= 0.6 is 0 Å². The van der Waals surface area contributed by atoms with Gasteiger partial charge in [0.2, 0.25) is 0 Å². The Morgan fingerprint density at radius 1 is 1.25 bits per heavy atom. The molecule has 5 heteroatoms. The molecule has 0 saturated carbocycles. The van der Waals surface area contributed by atoms with E-state index in [1.165, 1.54) is 0 Å². The standard InChI is InChI=1S/C19H22N2O3/c1-2-24-18-6-4-3-5-16(18)19(23)21-11-15(13-22)17(12-21)14-7-9-20-10-8-14/h3-10,15,17,22H,2,11-13H2,1H3/t15-,17-/m0/s1. The summed E-state index contributed by atoms with van der Waals surface area (Å²) in [6, 6.07) is 11.2. The third kappa shape index (κ3) is 3.26. The van der Waals surface area contributed by atoms with E-state index >= 15 is 0 Å². The van der Waals surface area contributed by atoms with Crippen LogP contribution in [0.5, 0.6) is 5.75 Å². The largest absolute Gasteiger partial charge is 0.493 e. The van der Waals surface area contributed by atoms with Crippen molar-refractivity contribution in [2.45, 2.75) is 12.8 Å². The summed E-state index contributed by atoms with van der Waals surface area (Å²) in [5, 5.41) is 9.73. The highest BCUT2D eigenvalue weighted by Gasteiger charge is 2.36. The predicted molar refractivity (Wildman–Crippen MR) is 91.1 cm³/mol. The number of rotatable bonds is 5. The Morgan fingerprint density at radius 3 is 2.71 bits per heavy atom. The smallest absolute Gasteiger partial charge is 0.257 e. The van der Waals surface area contributed by atoms with Crippen molar-refractivity contribution < 1.29 is 14.6 Å². The lowest BCUT2D eigenvalue weighted by molar-refractivity contribution is 0.0777. The van der Waals surface area contributed by atoms with Gasteiger partial charge in [0.25, 0.3) is 5.91 Å². The van der Waals surface area contributed by atoms with Gasteiger partial charge in [0.1, 0.15) is 5.75 Å². The van der Waals surface area contributed by atoms with E-state index in [2.05, 4.69) is 4.98 Å². The van der Waals surface area contributed by atoms with Crippen LogP contribution in [0, 0.1) is 5.92 Å². The van der Waals surface area contributed by atoms with Crippen molar-refractivity contribution in [1.29, 1.82) is 0 Å². The molecule has 1 fully saturated rings. The lowest BCUT2D eigenvalue weighted by atomic mass is 9.90. The summed E-state index contributed by atoms with van der Waals surface area (Å²) < 4.78 is 5.58. The molecule has 126 valence electrons. The number of hydrogen-bond donors (Lipinski definition) is 1. The van der Waals surface area contributed by atoms with E-state index in [9.17, 15) is 9.90 Å². The van der Waals surface area contributed by atoms with Crippen LogP contribution in [0.3, 0.4) is 0 Å². The minimum atomic E-state index is -0.0472. The van der Waals surface area contributed by atoms with Gasteiger partial charge in [-0.25, -0.2) is 0 Å². The SMILES string of the molecule is CCOc1ccccc1C(=O)N1C[C@@H](CO)[C@H](c2ccncc2)C1. The molecule has 0 bridgehead atoms. The van der Waals surface area contributed by atoms with Crippen molar-refractivity contribution in [3.63, 3.8) is 0 Å². The van der Waals surface area contributed by atoms with Gasteiger partial charge in [-0.2, -0.15) is 0 Å². The Bertz CT molecular complexity index is 690. The highest BCUT2D eigenvalue weighted by atomic mass is 16.5. The minimum Gasteiger partial charge on any atom is -0.493 e. The summed E-state index contributed by atoms with van der Waals surface area (Å²) in [6.07, 6.45) is 3.50. The van der Waals surface area contributed by atoms with Crippen LogP contribution in [0.2, 0.25) is 0 Å². The van der Waals surface area contributed by atoms with Crippen LogP contribution in [0.4, 0.5) is 0 Å². The molecule has 3 rings (SSSR count). The molecule has 0 unspecified atom stereocenters. The molecular weight excluding hydrogens is 304 g/mol. The molecule has 1 amide bonds. The average Bonchev–Trinajstić information content (AvgIpc) is 3.07. The van der Waals surface area contributed by atoms with Crippen molar-refractivity contribution in [2.24, 2.45) is 5.92 Å². The van der Waals surface area contributed by atoms with Gasteiger partial charge in [-0.05, 0) is 36.8 Å². The van der Waals surface area contributed by atoms with Crippen LogP contribution in [-0.2, 0) is 0 Å². The fraction of sp³-hybridized carbons (Fsp3) is 0.368. The lowest BCUT2D eigenvalue weighted by Crippen LogP contribution is -2.29. The van der Waals surface area contributed by atoms with E-state index in [1.807, 2.05) is 42.2 Å². The Morgan fingerprint density at radius 2 is 2.00 bits per heavy atom. The zero-order valence-corrected chi connectivity index (χ0v) is 13.8. The number of aromatic nitrogens is 1. The molecule has 24 heavy (non-hydrogen) atoms. The number of pyridine rings is 1. The van der Waals surface area contributed by atoms with Crippen LogP contribution in [0.1, 0.15) is 28.8 Å². The lowest BCUT2D eigenvalue weighted by Gasteiger charge is -2.18. The monoisotopic (exact) mass is 326 g/mol. The van der Waals surface area contributed by atoms with Crippen molar-refractivity contribution in [1.82, 2.24) is 9.88 Å². The molecule has 2 heterocycles. The van der Waals surface area contributed by atoms with E-state index in [-0.39, 0.29) is 24.3 Å². The normalized spacial score (nSPS) is 20.2. The summed E-state index contributed by atoms with van der Waals surface area (Å²) in [5.41, 5.74) is 1.68. The summed E-state index contributed by atoms with van der Waals surface area (Å²) in [5.74, 6) is 0.726. The number of para-hydroxylation sites is 1. The number of aliphatic hydroxyl groups excluding tert-OH is 1. The number of benzene rings is 1. The summed E-state index contributed by atoms with van der Waals surface area (Å²) in [7, 11) is 0. The van der Waals surface area contributed by atoms with Gasteiger partial charge in [0.15, 0.2) is 0 Å². The van der Waals surface area contributed by atoms with E-state index in [4.69, 9.17) is 4.74 Å². The van der Waals surface area contributed by atoms with E-state index in [0.29, 0.717) is 31.0 Å². The van der Waals surface area contributed by atoms with Gasteiger partial charge in [-0.15, -0.1) is 0 Å². The fourth-order valence-corrected chi connectivity index (χ4v) is 3.31. The highest BCUT2D eigenvalue weighted by Crippen LogP contribution is 2.33. The number of ether oxygens (including phenoxy) is 1. The Kier molecular flexibility index (Phi) is 5.11. The zero-order valence-electron chi connectivity index (χ0n) is 13.8. The van der Waals surface area contributed by atoms with Gasteiger partial charge < -0.3 is 14.7 Å². The third-order valence-corrected chi connectivity index (χ3v) is 4.51. The molecule has 1 saturated heterocycles. The molecule has 1 aromatic heterocycles. The number of aliphatic hydroxyl groups is 1. The highest BCUT2D eigenvalue weighted by molar-refractivity contribution is 5.97. The van der Waals surface area contributed by atoms with Gasteiger partial charge in [-0.1, -0.05) is 12.1 Å². The quantitative estimate of drug-likeness (QED) is 0.916. The first-order valence-electron chi connectivity index (χ1n) is 8.26. The first kappa shape index (κ1) is 16.5. The van der Waals surface area contributed by atoms with Crippen molar-refractivity contribution in [2.75, 3.05) is 26.3 Å². The number of likely N-dealkylation sites (tertiary alicyclic amines) is 1. The zero-order chi connectivity index (χ0) is 16.9. The maximum absolute atomic E-state index is 12.9. The molecule has 5 nitrogen and oxygen atoms in total. The second-order valence-corrected chi connectivity index (χ2v) is 5.97. The molecule has 0 spiro atoms. The molecule has 2 aromatic rings. The van der Waals surface area contributed by atoms with Gasteiger partial charge >= 0.3 is 0 Å². The van der Waals surface area contributed by atoms with Gasteiger partial charge in [0.05, 0.1) is 12.2 Å². The summed E-state index contributed by atoms with van der Waals surface area (Å²) in [6.45, 7) is 3.61. The Hall–Kier alpha value is -2.40. The molecule has 0 radical (unpaired) electrons. The summed E-state index contributed by atoms with van der Waals surface area (Å²) in [4.78, 5) is 18.8. The molecular formula is C19H22N2O3. The topological polar surface area (TPSA) is 62.7 Å². The molecule has 1 N–H and O–H groups in total. The van der Waals surface area contributed by atoms with Crippen LogP contribution in [0.15, 0.2) is 48.8 Å². The first-order valence-corrected chi connectivity index (χ1v) is 8.26. The van der Waals surface area contributed by atoms with Crippen molar-refractivity contribution in [3.05, 3.63) is 59.9 Å². The van der Waals surface area contributed by atoms with Crippen molar-refractivity contribution >= 4 is 5.91 Å². The number of hydrogen-bond acceptors (Lipinski definition) is 4. The minimum absolute atomic E-state index is 0.0376. The Balaban J connectivity index is 1.82. The molecule has 0 aliphatic carbocycles. The average molecular weight is 326 g/mol. The van der Waals surface area contributed by atoms with Crippen LogP contribution < -0.4 is 4.74 Å². The number of nitrogens with zero attached hydrogens (tertiary/aromatic N) is 2. The second-order valence-electron chi connectivity index (χ2n) is 5.97. The molecule has 2 atom stereocenters. The van der Waals surface area contributed by atoms with E-state index < -0.39 is 0 Å².